The molecule has 1 fully saturated rings. The molecule has 0 bridgehead atoms. The molecule has 0 radical (unpaired) electrons. The van der Waals surface area contributed by atoms with E-state index in [1.807, 2.05) is 24.3 Å². The molecule has 0 aromatic heterocycles. The number of ether oxygens (including phenoxy) is 1. The maximum absolute atomic E-state index is 5.41. The van der Waals surface area contributed by atoms with Gasteiger partial charge in [-0.25, -0.2) is 0 Å². The van der Waals surface area contributed by atoms with Crippen LogP contribution in [0.15, 0.2) is 29.2 Å². The van der Waals surface area contributed by atoms with Crippen LogP contribution in [-0.4, -0.2) is 29.4 Å². The Labute approximate surface area is 106 Å². The number of benzene rings is 1. The fraction of sp³-hybridized carbons (Fsp3) is 0.417. The van der Waals surface area contributed by atoms with E-state index in [1.165, 1.54) is 17.7 Å². The van der Waals surface area contributed by atoms with Crippen LogP contribution in [0.25, 0.3) is 0 Å². The highest BCUT2D eigenvalue weighted by atomic mass is 32.2. The zero-order valence-corrected chi connectivity index (χ0v) is 10.9. The fourth-order valence-electron chi connectivity index (χ4n) is 1.71. The lowest BCUT2D eigenvalue weighted by atomic mass is 10.3. The van der Waals surface area contributed by atoms with Gasteiger partial charge in [0.05, 0.1) is 7.11 Å². The predicted molar refractivity (Wildman–Crippen MR) is 72.3 cm³/mol. The van der Waals surface area contributed by atoms with Crippen LogP contribution >= 0.6 is 24.0 Å². The Balaban J connectivity index is 1.94. The largest absolute Gasteiger partial charge is 0.497 e. The Morgan fingerprint density at radius 1 is 1.25 bits per heavy atom. The summed E-state index contributed by atoms with van der Waals surface area (Å²) in [4.78, 5) is 3.46. The van der Waals surface area contributed by atoms with E-state index in [-0.39, 0.29) is 0 Å². The van der Waals surface area contributed by atoms with Crippen LogP contribution < -0.4 is 4.74 Å². The maximum Gasteiger partial charge on any atom is 0.141 e. The average Bonchev–Trinajstić information content (AvgIpc) is 2.83. The summed E-state index contributed by atoms with van der Waals surface area (Å²) in [6.07, 6.45) is 2.53. The van der Waals surface area contributed by atoms with Crippen LogP contribution in [-0.2, 0) is 0 Å². The van der Waals surface area contributed by atoms with Crippen molar-refractivity contribution in [2.45, 2.75) is 17.7 Å². The van der Waals surface area contributed by atoms with Gasteiger partial charge in [-0.05, 0) is 37.1 Å². The predicted octanol–water partition coefficient (Wildman–Crippen LogP) is 3.17. The topological polar surface area (TPSA) is 12.5 Å². The van der Waals surface area contributed by atoms with E-state index in [0.29, 0.717) is 0 Å². The molecule has 0 aliphatic carbocycles. The molecule has 0 N–H and O–H groups in total. The monoisotopic (exact) mass is 253 g/mol. The van der Waals surface area contributed by atoms with Gasteiger partial charge in [-0.3, -0.25) is 0 Å². The fourth-order valence-corrected chi connectivity index (χ4v) is 2.97. The summed E-state index contributed by atoms with van der Waals surface area (Å²) in [5, 5.41) is 0. The van der Waals surface area contributed by atoms with Gasteiger partial charge >= 0.3 is 0 Å². The minimum atomic E-state index is 0.886. The highest BCUT2D eigenvalue weighted by Gasteiger charge is 2.15. The Morgan fingerprint density at radius 2 is 1.88 bits per heavy atom. The molecule has 1 aliphatic rings. The molecule has 2 rings (SSSR count). The second-order valence-corrected chi connectivity index (χ2v) is 5.44. The number of hydrogen-bond donors (Lipinski definition) is 0. The summed E-state index contributed by atoms with van der Waals surface area (Å²) in [5.41, 5.74) is 0. The average molecular weight is 253 g/mol. The second kappa shape index (κ2) is 5.55. The third-order valence-electron chi connectivity index (χ3n) is 2.63. The quantitative estimate of drug-likeness (QED) is 0.592. The van der Waals surface area contributed by atoms with Crippen LogP contribution in [0.5, 0.6) is 5.75 Å². The molecule has 86 valence electrons. The first-order chi connectivity index (χ1) is 7.79. The SMILES string of the molecule is COc1ccc(SC(=S)N2CCCC2)cc1. The van der Waals surface area contributed by atoms with Crippen molar-refractivity contribution < 1.29 is 4.74 Å². The highest BCUT2D eigenvalue weighted by molar-refractivity contribution is 8.22. The first kappa shape index (κ1) is 11.7. The molecule has 1 saturated heterocycles. The standard InChI is InChI=1S/C12H15NOS2/c1-14-10-4-6-11(7-5-10)16-12(15)13-8-2-3-9-13/h4-7H,2-3,8-9H2,1H3. The summed E-state index contributed by atoms with van der Waals surface area (Å²) < 4.78 is 6.11. The minimum absolute atomic E-state index is 0.886. The molecule has 0 spiro atoms. The smallest absolute Gasteiger partial charge is 0.141 e. The van der Waals surface area contributed by atoms with Crippen molar-refractivity contribution in [2.24, 2.45) is 0 Å². The lowest BCUT2D eigenvalue weighted by molar-refractivity contribution is 0.414. The molecule has 16 heavy (non-hydrogen) atoms. The van der Waals surface area contributed by atoms with Gasteiger partial charge in [0.25, 0.3) is 0 Å². The van der Waals surface area contributed by atoms with Crippen LogP contribution in [0.3, 0.4) is 0 Å². The number of nitrogens with zero attached hydrogens (tertiary/aromatic N) is 1. The van der Waals surface area contributed by atoms with Gasteiger partial charge in [-0.15, -0.1) is 0 Å². The molecule has 0 saturated carbocycles. The van der Waals surface area contributed by atoms with E-state index < -0.39 is 0 Å². The number of likely N-dealkylation sites (tertiary alicyclic amines) is 1. The van der Waals surface area contributed by atoms with E-state index in [2.05, 4.69) is 4.90 Å². The van der Waals surface area contributed by atoms with Crippen molar-refractivity contribution in [3.8, 4) is 5.75 Å². The number of rotatable bonds is 2. The lowest BCUT2D eigenvalue weighted by Crippen LogP contribution is -2.22. The van der Waals surface area contributed by atoms with Gasteiger partial charge in [0.2, 0.25) is 0 Å². The molecular formula is C12H15NOS2. The Hall–Kier alpha value is -0.740. The molecule has 1 aromatic carbocycles. The Kier molecular flexibility index (Phi) is 4.07. The van der Waals surface area contributed by atoms with Crippen LogP contribution in [0.2, 0.25) is 0 Å². The number of hydrogen-bond acceptors (Lipinski definition) is 3. The van der Waals surface area contributed by atoms with Crippen LogP contribution in [0.4, 0.5) is 0 Å². The van der Waals surface area contributed by atoms with E-state index in [0.717, 1.165) is 23.2 Å². The molecule has 0 atom stereocenters. The van der Waals surface area contributed by atoms with Gasteiger partial charge in [-0.1, -0.05) is 24.0 Å². The summed E-state index contributed by atoms with van der Waals surface area (Å²) in [6.45, 7) is 2.23. The van der Waals surface area contributed by atoms with E-state index in [4.69, 9.17) is 17.0 Å². The molecule has 1 heterocycles. The van der Waals surface area contributed by atoms with Crippen molar-refractivity contribution in [1.29, 1.82) is 0 Å². The zero-order chi connectivity index (χ0) is 11.4. The van der Waals surface area contributed by atoms with E-state index >= 15 is 0 Å². The molecular weight excluding hydrogens is 238 g/mol. The maximum atomic E-state index is 5.41. The van der Waals surface area contributed by atoms with Crippen LogP contribution in [0, 0.1) is 0 Å². The Morgan fingerprint density at radius 3 is 2.44 bits per heavy atom. The third-order valence-corrected chi connectivity index (χ3v) is 4.08. The third kappa shape index (κ3) is 2.89. The Bertz CT molecular complexity index is 358. The van der Waals surface area contributed by atoms with Gasteiger partial charge in [0.15, 0.2) is 0 Å². The number of thioether (sulfide) groups is 1. The minimum Gasteiger partial charge on any atom is -0.497 e. The summed E-state index contributed by atoms with van der Waals surface area (Å²) in [6, 6.07) is 8.03. The van der Waals surface area contributed by atoms with E-state index in [1.54, 1.807) is 18.9 Å². The first-order valence-electron chi connectivity index (χ1n) is 5.40. The van der Waals surface area contributed by atoms with Crippen molar-refractivity contribution >= 4 is 28.3 Å². The van der Waals surface area contributed by atoms with Crippen molar-refractivity contribution in [3.05, 3.63) is 24.3 Å². The lowest BCUT2D eigenvalue weighted by Gasteiger charge is -2.17. The molecule has 0 amide bonds. The van der Waals surface area contributed by atoms with Crippen molar-refractivity contribution in [2.75, 3.05) is 20.2 Å². The molecule has 1 aromatic rings. The van der Waals surface area contributed by atoms with E-state index in [9.17, 15) is 0 Å². The van der Waals surface area contributed by atoms with Crippen LogP contribution in [0.1, 0.15) is 12.8 Å². The van der Waals surface area contributed by atoms with Gasteiger partial charge in [0.1, 0.15) is 10.1 Å². The van der Waals surface area contributed by atoms with Gasteiger partial charge in [-0.2, -0.15) is 0 Å². The normalized spacial score (nSPS) is 15.2. The summed E-state index contributed by atoms with van der Waals surface area (Å²) >= 11 is 7.08. The summed E-state index contributed by atoms with van der Waals surface area (Å²) in [7, 11) is 1.68. The molecule has 1 aliphatic heterocycles. The first-order valence-corrected chi connectivity index (χ1v) is 6.63. The van der Waals surface area contributed by atoms with Gasteiger partial charge < -0.3 is 9.64 Å². The number of thiocarbonyl (C=S) groups is 1. The molecule has 0 unspecified atom stereocenters. The highest BCUT2D eigenvalue weighted by Crippen LogP contribution is 2.25. The number of methoxy groups -OCH3 is 1. The van der Waals surface area contributed by atoms with Crippen molar-refractivity contribution in [3.63, 3.8) is 0 Å². The van der Waals surface area contributed by atoms with Gasteiger partial charge in [0, 0.05) is 18.0 Å². The molecule has 2 nitrogen and oxygen atoms in total. The summed E-state index contributed by atoms with van der Waals surface area (Å²) in [5.74, 6) is 0.886. The zero-order valence-electron chi connectivity index (χ0n) is 9.31. The second-order valence-electron chi connectivity index (χ2n) is 3.74. The molecule has 4 heteroatoms. The van der Waals surface area contributed by atoms with Crippen molar-refractivity contribution in [1.82, 2.24) is 4.90 Å².